The van der Waals surface area contributed by atoms with Gasteiger partial charge in [-0.2, -0.15) is 0 Å². The van der Waals surface area contributed by atoms with Crippen LogP contribution in [0.3, 0.4) is 0 Å². The van der Waals surface area contributed by atoms with E-state index in [9.17, 15) is 4.79 Å². The second kappa shape index (κ2) is 7.07. The second-order valence-electron chi connectivity index (χ2n) is 4.36. The van der Waals surface area contributed by atoms with Crippen LogP contribution in [-0.2, 0) is 4.79 Å². The van der Waals surface area contributed by atoms with Crippen LogP contribution in [0.1, 0.15) is 38.8 Å². The van der Waals surface area contributed by atoms with Crippen LogP contribution in [0.2, 0.25) is 0 Å². The van der Waals surface area contributed by atoms with Gasteiger partial charge in [0, 0.05) is 12.5 Å². The molecule has 3 nitrogen and oxygen atoms in total. The Labute approximate surface area is 104 Å². The Morgan fingerprint density at radius 2 is 1.88 bits per heavy atom. The lowest BCUT2D eigenvalue weighted by Crippen LogP contribution is -2.34. The zero-order chi connectivity index (χ0) is 12.7. The number of carbonyl (C=O) groups excluding carboxylic acids is 1. The van der Waals surface area contributed by atoms with Crippen molar-refractivity contribution >= 4 is 5.91 Å². The van der Waals surface area contributed by atoms with E-state index in [1.807, 2.05) is 51.1 Å². The van der Waals surface area contributed by atoms with E-state index >= 15 is 0 Å². The van der Waals surface area contributed by atoms with Gasteiger partial charge in [-0.05, 0) is 26.0 Å². The fourth-order valence-corrected chi connectivity index (χ4v) is 1.82. The molecule has 1 aromatic carbocycles. The van der Waals surface area contributed by atoms with Gasteiger partial charge in [0.2, 0.25) is 5.91 Å². The molecule has 0 bridgehead atoms. The quantitative estimate of drug-likeness (QED) is 0.792. The van der Waals surface area contributed by atoms with E-state index in [1.165, 1.54) is 0 Å². The molecule has 0 aliphatic carbocycles. The number of carbonyl (C=O) groups is 1. The van der Waals surface area contributed by atoms with E-state index in [1.54, 1.807) is 0 Å². The van der Waals surface area contributed by atoms with Gasteiger partial charge in [0.25, 0.3) is 0 Å². The van der Waals surface area contributed by atoms with Crippen molar-refractivity contribution in [3.8, 4) is 0 Å². The van der Waals surface area contributed by atoms with E-state index < -0.39 is 0 Å². The van der Waals surface area contributed by atoms with Gasteiger partial charge in [-0.1, -0.05) is 37.3 Å². The molecule has 0 radical (unpaired) electrons. The minimum absolute atomic E-state index is 0.0672. The van der Waals surface area contributed by atoms with E-state index in [-0.39, 0.29) is 18.0 Å². The average molecular weight is 234 g/mol. The largest absolute Gasteiger partial charge is 0.350 e. The van der Waals surface area contributed by atoms with Crippen molar-refractivity contribution in [2.75, 3.05) is 6.54 Å². The molecule has 0 aliphatic rings. The Morgan fingerprint density at radius 3 is 2.47 bits per heavy atom. The van der Waals surface area contributed by atoms with Crippen molar-refractivity contribution in [2.24, 2.45) is 0 Å². The molecule has 0 fully saturated rings. The third-order valence-corrected chi connectivity index (χ3v) is 2.72. The summed E-state index contributed by atoms with van der Waals surface area (Å²) in [5, 5.41) is 6.24. The highest BCUT2D eigenvalue weighted by molar-refractivity contribution is 5.77. The molecule has 0 saturated carbocycles. The first kappa shape index (κ1) is 13.7. The van der Waals surface area contributed by atoms with Gasteiger partial charge in [0.15, 0.2) is 0 Å². The van der Waals surface area contributed by atoms with Crippen LogP contribution in [0.15, 0.2) is 30.3 Å². The molecule has 0 aromatic heterocycles. The van der Waals surface area contributed by atoms with Crippen molar-refractivity contribution in [3.63, 3.8) is 0 Å². The molecule has 17 heavy (non-hydrogen) atoms. The van der Waals surface area contributed by atoms with Crippen molar-refractivity contribution in [1.29, 1.82) is 0 Å². The number of hydrogen-bond acceptors (Lipinski definition) is 2. The average Bonchev–Trinajstić information content (AvgIpc) is 2.30. The first-order chi connectivity index (χ1) is 8.13. The first-order valence-corrected chi connectivity index (χ1v) is 6.21. The van der Waals surface area contributed by atoms with Crippen LogP contribution in [0, 0.1) is 0 Å². The third kappa shape index (κ3) is 5.00. The van der Waals surface area contributed by atoms with Gasteiger partial charge in [-0.25, -0.2) is 0 Å². The minimum Gasteiger partial charge on any atom is -0.350 e. The monoisotopic (exact) mass is 234 g/mol. The molecule has 1 unspecified atom stereocenters. The van der Waals surface area contributed by atoms with E-state index in [0.717, 1.165) is 12.1 Å². The number of amides is 1. The normalized spacial score (nSPS) is 14.1. The standard InChI is InChI=1S/C14H22N2O/c1-4-15-11(2)10-14(17)16-12(3)13-8-6-5-7-9-13/h5-9,11-12,15H,4,10H2,1-3H3,(H,16,17)/t11?,12-/m0/s1. The summed E-state index contributed by atoms with van der Waals surface area (Å²) in [5.74, 6) is 0.0924. The molecule has 2 N–H and O–H groups in total. The maximum absolute atomic E-state index is 11.8. The van der Waals surface area contributed by atoms with Crippen LogP contribution in [-0.4, -0.2) is 18.5 Å². The molecule has 0 saturated heterocycles. The zero-order valence-corrected chi connectivity index (χ0v) is 10.9. The summed E-state index contributed by atoms with van der Waals surface area (Å²) in [5.41, 5.74) is 1.14. The smallest absolute Gasteiger partial charge is 0.222 e. The highest BCUT2D eigenvalue weighted by atomic mass is 16.1. The predicted octanol–water partition coefficient (Wildman–Crippen LogP) is 2.25. The molecule has 3 heteroatoms. The molecule has 1 amide bonds. The van der Waals surface area contributed by atoms with Crippen molar-refractivity contribution < 1.29 is 4.79 Å². The number of rotatable bonds is 6. The van der Waals surface area contributed by atoms with Gasteiger partial charge in [0.1, 0.15) is 0 Å². The van der Waals surface area contributed by atoms with Crippen LogP contribution in [0.5, 0.6) is 0 Å². The van der Waals surface area contributed by atoms with E-state index in [4.69, 9.17) is 0 Å². The first-order valence-electron chi connectivity index (χ1n) is 6.21. The van der Waals surface area contributed by atoms with Crippen LogP contribution >= 0.6 is 0 Å². The Bertz CT molecular complexity index is 337. The van der Waals surface area contributed by atoms with E-state index in [2.05, 4.69) is 10.6 Å². The van der Waals surface area contributed by atoms with Gasteiger partial charge in [0.05, 0.1) is 6.04 Å². The summed E-state index contributed by atoms with van der Waals surface area (Å²) in [7, 11) is 0. The lowest BCUT2D eigenvalue weighted by molar-refractivity contribution is -0.122. The van der Waals surface area contributed by atoms with E-state index in [0.29, 0.717) is 6.42 Å². The zero-order valence-electron chi connectivity index (χ0n) is 10.9. The highest BCUT2D eigenvalue weighted by Gasteiger charge is 2.11. The summed E-state index contributed by atoms with van der Waals surface area (Å²) in [6, 6.07) is 10.3. The highest BCUT2D eigenvalue weighted by Crippen LogP contribution is 2.11. The summed E-state index contributed by atoms with van der Waals surface area (Å²) >= 11 is 0. The molecular weight excluding hydrogens is 212 g/mol. The van der Waals surface area contributed by atoms with Crippen molar-refractivity contribution in [2.45, 2.75) is 39.3 Å². The summed E-state index contributed by atoms with van der Waals surface area (Å²) in [4.78, 5) is 11.8. The molecule has 0 aliphatic heterocycles. The third-order valence-electron chi connectivity index (χ3n) is 2.72. The summed E-state index contributed by atoms with van der Waals surface area (Å²) < 4.78 is 0. The topological polar surface area (TPSA) is 41.1 Å². The lowest BCUT2D eigenvalue weighted by atomic mass is 10.1. The van der Waals surface area contributed by atoms with Gasteiger partial charge >= 0.3 is 0 Å². The Hall–Kier alpha value is -1.35. The van der Waals surface area contributed by atoms with Gasteiger partial charge in [-0.3, -0.25) is 4.79 Å². The Kier molecular flexibility index (Phi) is 5.70. The van der Waals surface area contributed by atoms with Gasteiger partial charge < -0.3 is 10.6 Å². The summed E-state index contributed by atoms with van der Waals surface area (Å²) in [6.07, 6.45) is 0.519. The molecule has 0 spiro atoms. The summed E-state index contributed by atoms with van der Waals surface area (Å²) in [6.45, 7) is 6.96. The van der Waals surface area contributed by atoms with Crippen LogP contribution in [0.25, 0.3) is 0 Å². The van der Waals surface area contributed by atoms with Crippen molar-refractivity contribution in [3.05, 3.63) is 35.9 Å². The van der Waals surface area contributed by atoms with Gasteiger partial charge in [-0.15, -0.1) is 0 Å². The Morgan fingerprint density at radius 1 is 1.24 bits per heavy atom. The lowest BCUT2D eigenvalue weighted by Gasteiger charge is -2.17. The second-order valence-corrected chi connectivity index (χ2v) is 4.36. The minimum atomic E-state index is 0.0672. The maximum atomic E-state index is 11.8. The molecule has 2 atom stereocenters. The molecule has 94 valence electrons. The molecule has 0 heterocycles. The fraction of sp³-hybridized carbons (Fsp3) is 0.500. The van der Waals surface area contributed by atoms with Crippen molar-refractivity contribution in [1.82, 2.24) is 10.6 Å². The molecule has 1 rings (SSSR count). The number of hydrogen-bond donors (Lipinski definition) is 2. The molecule has 1 aromatic rings. The fourth-order valence-electron chi connectivity index (χ4n) is 1.82. The van der Waals surface area contributed by atoms with Crippen LogP contribution in [0.4, 0.5) is 0 Å². The number of nitrogens with one attached hydrogen (secondary N) is 2. The Balaban J connectivity index is 2.41. The van der Waals surface area contributed by atoms with Crippen LogP contribution < -0.4 is 10.6 Å². The number of benzene rings is 1. The SMILES string of the molecule is CCNC(C)CC(=O)N[C@@H](C)c1ccccc1. The maximum Gasteiger partial charge on any atom is 0.222 e. The predicted molar refractivity (Wildman–Crippen MR) is 70.8 cm³/mol. The molecular formula is C14H22N2O.